The molecule has 79 valence electrons. The largest absolute Gasteiger partial charge is 0.273 e. The molecule has 0 fully saturated rings. The van der Waals surface area contributed by atoms with Crippen LogP contribution in [0.3, 0.4) is 0 Å². The maximum Gasteiger partial charge on any atom is 0 e. The first-order valence-corrected chi connectivity index (χ1v) is 5.02. The van der Waals surface area contributed by atoms with E-state index in [9.17, 15) is 0 Å². The number of hydrogen-bond acceptors (Lipinski definition) is 0. The van der Waals surface area contributed by atoms with E-state index in [0.717, 1.165) is 6.42 Å². The van der Waals surface area contributed by atoms with Crippen LogP contribution in [-0.4, -0.2) is 0 Å². The van der Waals surface area contributed by atoms with Crippen molar-refractivity contribution in [3.05, 3.63) is 48.6 Å². The van der Waals surface area contributed by atoms with Crippen molar-refractivity contribution >= 4 is 0 Å². The van der Waals surface area contributed by atoms with Gasteiger partial charge in [-0.3, -0.25) is 6.08 Å². The van der Waals surface area contributed by atoms with Crippen LogP contribution in [-0.2, 0) is 20.1 Å². The number of rotatable bonds is 0. The molecule has 1 heteroatoms. The van der Waals surface area contributed by atoms with E-state index in [1.165, 1.54) is 25.7 Å². The Morgan fingerprint density at radius 2 is 1.21 bits per heavy atom. The molecule has 0 unspecified atom stereocenters. The van der Waals surface area contributed by atoms with Crippen LogP contribution >= 0.6 is 0 Å². The van der Waals surface area contributed by atoms with E-state index in [-0.39, 0.29) is 20.1 Å². The fourth-order valence-electron chi connectivity index (χ4n) is 1.20. The van der Waals surface area contributed by atoms with Gasteiger partial charge in [-0.2, -0.15) is 6.08 Å². The number of allylic oxidation sites excluding steroid dienone is 8. The van der Waals surface area contributed by atoms with Gasteiger partial charge >= 0.3 is 0 Å². The van der Waals surface area contributed by atoms with E-state index >= 15 is 0 Å². The molecule has 0 aliphatic heterocycles. The predicted octanol–water partition coefficient (Wildman–Crippen LogP) is 3.98. The van der Waals surface area contributed by atoms with Crippen molar-refractivity contribution in [2.24, 2.45) is 0 Å². The second kappa shape index (κ2) is 10.7. The summed E-state index contributed by atoms with van der Waals surface area (Å²) in [6.45, 7) is 0. The molecule has 0 saturated carbocycles. The second-order valence-corrected chi connectivity index (χ2v) is 3.10. The maximum atomic E-state index is 2.99. The zero-order valence-corrected chi connectivity index (χ0v) is 10.8. The van der Waals surface area contributed by atoms with Crippen molar-refractivity contribution in [3.8, 4) is 0 Å². The van der Waals surface area contributed by atoms with Crippen LogP contribution in [0, 0.1) is 6.08 Å². The van der Waals surface area contributed by atoms with E-state index in [4.69, 9.17) is 0 Å². The summed E-state index contributed by atoms with van der Waals surface area (Å²) in [7, 11) is 0. The van der Waals surface area contributed by atoms with E-state index in [1.54, 1.807) is 0 Å². The van der Waals surface area contributed by atoms with Crippen LogP contribution in [0.2, 0.25) is 0 Å². The Bertz CT molecular complexity index is 185. The summed E-state index contributed by atoms with van der Waals surface area (Å²) in [6, 6.07) is 0. The Balaban J connectivity index is 0.000000246. The average Bonchev–Trinajstić information content (AvgIpc) is 2.58. The molecule has 14 heavy (non-hydrogen) atoms. The van der Waals surface area contributed by atoms with Crippen molar-refractivity contribution in [3.63, 3.8) is 0 Å². The van der Waals surface area contributed by atoms with Crippen LogP contribution in [0.25, 0.3) is 0 Å². The van der Waals surface area contributed by atoms with Gasteiger partial charge in [0, 0.05) is 20.1 Å². The van der Waals surface area contributed by atoms with E-state index in [1.807, 2.05) is 12.2 Å². The molecule has 0 aromatic carbocycles. The molecule has 0 amide bonds. The number of hydrogen-bond donors (Lipinski definition) is 0. The maximum absolute atomic E-state index is 2.99. The molecule has 0 saturated heterocycles. The smallest absolute Gasteiger partial charge is 0 e. The Hall–Kier alpha value is -0.391. The minimum atomic E-state index is 0. The Labute approximate surface area is 101 Å². The van der Waals surface area contributed by atoms with Gasteiger partial charge < -0.3 is 0 Å². The molecular weight excluding hydrogens is 348 g/mol. The molecular formula is C13H17Ir-. The normalized spacial score (nSPS) is 20.0. The van der Waals surface area contributed by atoms with Gasteiger partial charge in [0.1, 0.15) is 0 Å². The summed E-state index contributed by atoms with van der Waals surface area (Å²) in [5.41, 5.74) is 0. The Morgan fingerprint density at radius 3 is 1.43 bits per heavy atom. The fraction of sp³-hybridized carbons (Fsp3) is 0.385. The molecule has 0 spiro atoms. The van der Waals surface area contributed by atoms with E-state index < -0.39 is 0 Å². The summed E-state index contributed by atoms with van der Waals surface area (Å²) in [6.07, 6.45) is 24.0. The van der Waals surface area contributed by atoms with Gasteiger partial charge in [0.15, 0.2) is 0 Å². The van der Waals surface area contributed by atoms with E-state index in [0.29, 0.717) is 0 Å². The van der Waals surface area contributed by atoms with Crippen molar-refractivity contribution < 1.29 is 20.1 Å². The third-order valence-corrected chi connectivity index (χ3v) is 1.92. The second-order valence-electron chi connectivity index (χ2n) is 3.10. The van der Waals surface area contributed by atoms with Gasteiger partial charge in [0.2, 0.25) is 0 Å². The molecule has 2 aliphatic carbocycles. The summed E-state index contributed by atoms with van der Waals surface area (Å²) in [5.74, 6) is 0. The molecule has 0 atom stereocenters. The molecule has 1 radical (unpaired) electrons. The summed E-state index contributed by atoms with van der Waals surface area (Å²) in [5, 5.41) is 0. The van der Waals surface area contributed by atoms with Crippen molar-refractivity contribution in [1.82, 2.24) is 0 Å². The SMILES string of the molecule is C1=CCC/C=C\CC1.[C-]1=CC=CC1.[Ir]. The Kier molecular flexibility index (Phi) is 10.4. The van der Waals surface area contributed by atoms with E-state index in [2.05, 4.69) is 36.5 Å². The van der Waals surface area contributed by atoms with Crippen molar-refractivity contribution in [2.75, 3.05) is 0 Å². The van der Waals surface area contributed by atoms with Gasteiger partial charge in [-0.05, 0) is 25.7 Å². The minimum Gasteiger partial charge on any atom is -0.273 e. The zero-order chi connectivity index (χ0) is 9.19. The standard InChI is InChI=1S/C8H12.C5H5.Ir/c1-2-4-6-8-7-5-3-1;1-2-4-5-3-1;/h1-2,7-8H,3-6H2;1-3H,4H2;/q;-1;/b2-1-,8-7?;;. The first-order valence-electron chi connectivity index (χ1n) is 5.02. The fourth-order valence-corrected chi connectivity index (χ4v) is 1.20. The van der Waals surface area contributed by atoms with Crippen LogP contribution in [0.5, 0.6) is 0 Å². The zero-order valence-electron chi connectivity index (χ0n) is 8.41. The molecule has 2 rings (SSSR count). The monoisotopic (exact) mass is 366 g/mol. The first-order chi connectivity index (χ1) is 6.50. The first kappa shape index (κ1) is 13.6. The predicted molar refractivity (Wildman–Crippen MR) is 58.3 cm³/mol. The van der Waals surface area contributed by atoms with Crippen LogP contribution < -0.4 is 0 Å². The van der Waals surface area contributed by atoms with Crippen molar-refractivity contribution in [1.29, 1.82) is 0 Å². The van der Waals surface area contributed by atoms with Crippen LogP contribution in [0.15, 0.2) is 42.5 Å². The van der Waals surface area contributed by atoms with Gasteiger partial charge in [0.25, 0.3) is 0 Å². The molecule has 0 heterocycles. The summed E-state index contributed by atoms with van der Waals surface area (Å²) in [4.78, 5) is 0. The minimum absolute atomic E-state index is 0. The molecule has 0 aromatic rings. The van der Waals surface area contributed by atoms with Crippen molar-refractivity contribution in [2.45, 2.75) is 32.1 Å². The van der Waals surface area contributed by atoms with Crippen LogP contribution in [0.1, 0.15) is 32.1 Å². The molecule has 0 N–H and O–H groups in total. The van der Waals surface area contributed by atoms with Crippen LogP contribution in [0.4, 0.5) is 0 Å². The van der Waals surface area contributed by atoms with Gasteiger partial charge in [-0.1, -0.05) is 24.3 Å². The third kappa shape index (κ3) is 8.22. The summed E-state index contributed by atoms with van der Waals surface area (Å²) >= 11 is 0. The topological polar surface area (TPSA) is 0 Å². The molecule has 0 bridgehead atoms. The summed E-state index contributed by atoms with van der Waals surface area (Å²) < 4.78 is 0. The molecule has 0 nitrogen and oxygen atoms in total. The van der Waals surface area contributed by atoms with Gasteiger partial charge in [-0.25, -0.2) is 12.2 Å². The molecule has 2 aliphatic rings. The molecule has 0 aromatic heterocycles. The van der Waals surface area contributed by atoms with Gasteiger partial charge in [-0.15, -0.1) is 6.42 Å². The average molecular weight is 365 g/mol. The van der Waals surface area contributed by atoms with Gasteiger partial charge in [0.05, 0.1) is 0 Å². The third-order valence-electron chi connectivity index (χ3n) is 1.92. The Morgan fingerprint density at radius 1 is 0.714 bits per heavy atom. The quantitative estimate of drug-likeness (QED) is 0.450.